The van der Waals surface area contributed by atoms with Gasteiger partial charge < -0.3 is 19.7 Å². The molecule has 2 aliphatic rings. The summed E-state index contributed by atoms with van der Waals surface area (Å²) in [5.74, 6) is 2.11. The lowest BCUT2D eigenvalue weighted by Crippen LogP contribution is -2.40. The van der Waals surface area contributed by atoms with Crippen molar-refractivity contribution >= 4 is 41.2 Å². The molecule has 196 valence electrons. The van der Waals surface area contributed by atoms with Crippen molar-refractivity contribution in [1.82, 2.24) is 14.9 Å². The predicted molar refractivity (Wildman–Crippen MR) is 142 cm³/mol. The van der Waals surface area contributed by atoms with Crippen molar-refractivity contribution < 1.29 is 19.1 Å². The molecule has 0 aliphatic carbocycles. The highest BCUT2D eigenvalue weighted by atomic mass is 32.2. The summed E-state index contributed by atoms with van der Waals surface area (Å²) in [5.41, 5.74) is 2.72. The van der Waals surface area contributed by atoms with E-state index in [0.717, 1.165) is 42.6 Å². The zero-order chi connectivity index (χ0) is 26.2. The molecule has 2 N–H and O–H groups in total. The molecule has 0 radical (unpaired) electrons. The molecule has 12 heteroatoms. The number of cyclic esters (lactones) is 1. The Kier molecular flexibility index (Phi) is 8.90. The van der Waals surface area contributed by atoms with Crippen molar-refractivity contribution in [2.75, 3.05) is 60.9 Å². The van der Waals surface area contributed by atoms with E-state index >= 15 is 0 Å². The Balaban J connectivity index is 1.53. The van der Waals surface area contributed by atoms with Crippen molar-refractivity contribution in [2.24, 2.45) is 0 Å². The van der Waals surface area contributed by atoms with Gasteiger partial charge in [-0.2, -0.15) is 22.0 Å². The van der Waals surface area contributed by atoms with Crippen LogP contribution in [0.15, 0.2) is 18.3 Å². The Morgan fingerprint density at radius 2 is 2.16 bits per heavy atom. The number of methoxy groups -OCH3 is 1. The van der Waals surface area contributed by atoms with E-state index in [4.69, 9.17) is 9.47 Å². The molecular weight excluding hydrogens is 494 g/mol. The largest absolute Gasteiger partial charge is 0.481 e. The van der Waals surface area contributed by atoms with Gasteiger partial charge in [0.2, 0.25) is 5.88 Å². The predicted octanol–water partition coefficient (Wildman–Crippen LogP) is 3.85. The van der Waals surface area contributed by atoms with E-state index in [1.165, 1.54) is 13.3 Å². The van der Waals surface area contributed by atoms with Crippen LogP contribution in [0.5, 0.6) is 5.88 Å². The van der Waals surface area contributed by atoms with Crippen molar-refractivity contribution in [2.45, 2.75) is 32.2 Å². The molecular formula is C25H31N7O4S. The number of nitrogens with one attached hydrogen (secondary N) is 2. The van der Waals surface area contributed by atoms with Gasteiger partial charge in [-0.3, -0.25) is 10.2 Å². The molecule has 0 bridgehead atoms. The molecule has 2 aromatic rings. The number of carbonyl (C=O) groups is 2. The summed E-state index contributed by atoms with van der Waals surface area (Å²) in [5, 5.41) is 15.4. The highest BCUT2D eigenvalue weighted by Crippen LogP contribution is 2.32. The lowest BCUT2D eigenvalue weighted by Gasteiger charge is -2.30. The van der Waals surface area contributed by atoms with Gasteiger partial charge in [0.1, 0.15) is 17.7 Å². The molecule has 2 aliphatic heterocycles. The minimum Gasteiger partial charge on any atom is -0.481 e. The molecule has 0 atom stereocenters. The number of ether oxygens (including phenoxy) is 2. The molecule has 0 aromatic carbocycles. The maximum absolute atomic E-state index is 13.3. The molecule has 1 saturated heterocycles. The van der Waals surface area contributed by atoms with Crippen molar-refractivity contribution in [3.63, 3.8) is 0 Å². The lowest BCUT2D eigenvalue weighted by atomic mass is 10.0. The zero-order valence-electron chi connectivity index (χ0n) is 21.1. The average molecular weight is 526 g/mol. The highest BCUT2D eigenvalue weighted by Gasteiger charge is 2.28. The Bertz CT molecular complexity index is 1190. The summed E-state index contributed by atoms with van der Waals surface area (Å²) in [6.45, 7) is 2.55. The number of nitriles is 1. The van der Waals surface area contributed by atoms with Crippen LogP contribution in [0, 0.1) is 11.3 Å². The number of anilines is 3. The van der Waals surface area contributed by atoms with E-state index in [1.807, 2.05) is 12.3 Å². The van der Waals surface area contributed by atoms with Gasteiger partial charge >= 0.3 is 12.1 Å². The summed E-state index contributed by atoms with van der Waals surface area (Å²) in [7, 11) is 1.53. The fraction of sp³-hybridized carbons (Fsp3) is 0.480. The van der Waals surface area contributed by atoms with Gasteiger partial charge in [-0.25, -0.2) is 14.6 Å². The molecule has 37 heavy (non-hydrogen) atoms. The van der Waals surface area contributed by atoms with Crippen molar-refractivity contribution in [3.05, 3.63) is 35.0 Å². The molecule has 4 heterocycles. The molecule has 2 aromatic heterocycles. The second-order valence-corrected chi connectivity index (χ2v) is 9.70. The Morgan fingerprint density at radius 3 is 2.95 bits per heavy atom. The van der Waals surface area contributed by atoms with Gasteiger partial charge in [-0.1, -0.05) is 0 Å². The molecule has 0 spiro atoms. The topological polar surface area (TPSA) is 133 Å². The number of nitrogens with zero attached hydrogens (tertiary/aromatic N) is 5. The van der Waals surface area contributed by atoms with Crippen molar-refractivity contribution in [3.8, 4) is 11.9 Å². The van der Waals surface area contributed by atoms with Crippen LogP contribution in [-0.2, 0) is 17.7 Å². The van der Waals surface area contributed by atoms with E-state index < -0.39 is 0 Å². The smallest absolute Gasteiger partial charge is 0.410 e. The Morgan fingerprint density at radius 1 is 1.30 bits per heavy atom. The molecule has 1 fully saturated rings. The average Bonchev–Trinajstić information content (AvgIpc) is 3.11. The first-order valence-corrected chi connectivity index (χ1v) is 13.6. The standard InChI is InChI=1S/C25H31N7O4S/c1-35-23-18(16-31-8-3-4-10-36-25(31)34)12-17-6-5-9-32(22(17)30-23)24(33)29-21-13-20(27-7-11-37-2)19(14-26)15-28-21/h12-13,15H,3-11,16H2,1-2H3,(H2,27,28,29,33). The normalized spacial score (nSPS) is 15.2. The third-order valence-corrected chi connectivity index (χ3v) is 6.80. The van der Waals surface area contributed by atoms with Crippen LogP contribution < -0.4 is 20.3 Å². The number of urea groups is 1. The fourth-order valence-electron chi connectivity index (χ4n) is 4.34. The van der Waals surface area contributed by atoms with Crippen LogP contribution in [0.4, 0.5) is 26.9 Å². The summed E-state index contributed by atoms with van der Waals surface area (Å²) in [6, 6.07) is 5.38. The van der Waals surface area contributed by atoms with Crippen LogP contribution in [0.1, 0.15) is 36.0 Å². The van der Waals surface area contributed by atoms with Crippen LogP contribution in [0.25, 0.3) is 0 Å². The maximum Gasteiger partial charge on any atom is 0.410 e. The second-order valence-electron chi connectivity index (χ2n) is 8.71. The van der Waals surface area contributed by atoms with Crippen molar-refractivity contribution in [1.29, 1.82) is 5.26 Å². The number of carbonyl (C=O) groups excluding carboxylic acids is 2. The minimum atomic E-state index is -0.369. The van der Waals surface area contributed by atoms with E-state index in [0.29, 0.717) is 61.6 Å². The molecule has 3 amide bonds. The van der Waals surface area contributed by atoms with Gasteiger partial charge in [-0.15, -0.1) is 0 Å². The van der Waals surface area contributed by atoms with Crippen LogP contribution in [0.3, 0.4) is 0 Å². The van der Waals surface area contributed by atoms with Crippen LogP contribution in [-0.4, -0.2) is 72.4 Å². The quantitative estimate of drug-likeness (QED) is 0.493. The number of aromatic nitrogens is 2. The summed E-state index contributed by atoms with van der Waals surface area (Å²) >= 11 is 1.70. The molecule has 11 nitrogen and oxygen atoms in total. The number of hydrogen-bond donors (Lipinski definition) is 2. The number of rotatable bonds is 8. The first kappa shape index (κ1) is 26.3. The van der Waals surface area contributed by atoms with Gasteiger partial charge in [0.25, 0.3) is 0 Å². The maximum atomic E-state index is 13.3. The third-order valence-electron chi connectivity index (χ3n) is 6.19. The van der Waals surface area contributed by atoms with Gasteiger partial charge in [0, 0.05) is 43.2 Å². The molecule has 0 saturated carbocycles. The second kappa shape index (κ2) is 12.5. The van der Waals surface area contributed by atoms with E-state index in [1.54, 1.807) is 27.6 Å². The van der Waals surface area contributed by atoms with E-state index in [9.17, 15) is 14.9 Å². The number of hydrogen-bond acceptors (Lipinski definition) is 9. The fourth-order valence-corrected chi connectivity index (χ4v) is 4.64. The zero-order valence-corrected chi connectivity index (χ0v) is 21.9. The highest BCUT2D eigenvalue weighted by molar-refractivity contribution is 7.98. The first-order valence-electron chi connectivity index (χ1n) is 12.2. The van der Waals surface area contributed by atoms with E-state index in [-0.39, 0.29) is 12.1 Å². The molecule has 0 unspecified atom stereocenters. The van der Waals surface area contributed by atoms with Crippen LogP contribution in [0.2, 0.25) is 0 Å². The van der Waals surface area contributed by atoms with E-state index in [2.05, 4.69) is 26.7 Å². The summed E-state index contributed by atoms with van der Waals surface area (Å²) in [6.07, 6.45) is 6.36. The number of aryl methyl sites for hydroxylation is 1. The monoisotopic (exact) mass is 525 g/mol. The number of fused-ring (bicyclic) bond motifs is 1. The lowest BCUT2D eigenvalue weighted by molar-refractivity contribution is 0.113. The third kappa shape index (κ3) is 6.35. The first-order chi connectivity index (χ1) is 18.0. The van der Waals surface area contributed by atoms with Gasteiger partial charge in [-0.05, 0) is 43.6 Å². The Hall–Kier alpha value is -3.72. The Labute approximate surface area is 220 Å². The van der Waals surface area contributed by atoms with Gasteiger partial charge in [0.15, 0.2) is 0 Å². The van der Waals surface area contributed by atoms with Crippen LogP contribution >= 0.6 is 11.8 Å². The number of amides is 3. The number of thioether (sulfide) groups is 1. The SMILES string of the molecule is COc1nc2c(cc1CN1CCCCOC1=O)CCCN2C(=O)Nc1cc(NCCSC)c(C#N)cn1. The van der Waals surface area contributed by atoms with Gasteiger partial charge in [0.05, 0.1) is 31.5 Å². The summed E-state index contributed by atoms with van der Waals surface area (Å²) in [4.78, 5) is 37.7. The minimum absolute atomic E-state index is 0.329. The number of pyridine rings is 2. The molecule has 4 rings (SSSR count). The summed E-state index contributed by atoms with van der Waals surface area (Å²) < 4.78 is 10.8.